The minimum atomic E-state index is -0.327. The number of carbonyl (C=O) groups is 1. The standard InChI is InChI=1S/C21H34N2O/c1-4-6-7-11-16-23-17-14-21(15-18-23,20(24)22(3)5-2)19-12-9-8-10-13-19/h8-10,12-13H,4-7,11,14-18H2,1-3H3. The van der Waals surface area contributed by atoms with Crippen molar-refractivity contribution in [1.29, 1.82) is 0 Å². The number of benzene rings is 1. The van der Waals surface area contributed by atoms with Crippen LogP contribution in [0.4, 0.5) is 0 Å². The Balaban J connectivity index is 2.06. The zero-order chi connectivity index (χ0) is 17.4. The van der Waals surface area contributed by atoms with Gasteiger partial charge < -0.3 is 9.80 Å². The molecular formula is C21H34N2O. The van der Waals surface area contributed by atoms with E-state index in [4.69, 9.17) is 0 Å². The second-order valence-electron chi connectivity index (χ2n) is 7.17. The Kier molecular flexibility index (Phi) is 7.29. The smallest absolute Gasteiger partial charge is 0.233 e. The molecule has 0 radical (unpaired) electrons. The van der Waals surface area contributed by atoms with E-state index in [1.165, 1.54) is 37.8 Å². The van der Waals surface area contributed by atoms with Gasteiger partial charge in [-0.25, -0.2) is 0 Å². The molecular weight excluding hydrogens is 296 g/mol. The van der Waals surface area contributed by atoms with Crippen LogP contribution in [0.5, 0.6) is 0 Å². The number of likely N-dealkylation sites (N-methyl/N-ethyl adjacent to an activating group) is 1. The fourth-order valence-corrected chi connectivity index (χ4v) is 3.81. The topological polar surface area (TPSA) is 23.6 Å². The maximum absolute atomic E-state index is 13.2. The minimum absolute atomic E-state index is 0.293. The summed E-state index contributed by atoms with van der Waals surface area (Å²) in [6, 6.07) is 10.4. The SMILES string of the molecule is CCCCCCN1CCC(C(=O)N(C)CC)(c2ccccc2)CC1. The largest absolute Gasteiger partial charge is 0.345 e. The highest BCUT2D eigenvalue weighted by atomic mass is 16.2. The number of rotatable bonds is 8. The van der Waals surface area contributed by atoms with E-state index in [0.29, 0.717) is 5.91 Å². The third kappa shape index (κ3) is 4.38. The first-order valence-corrected chi connectivity index (χ1v) is 9.67. The summed E-state index contributed by atoms with van der Waals surface area (Å²) in [5.74, 6) is 0.293. The Labute approximate surface area is 148 Å². The van der Waals surface area contributed by atoms with Crippen molar-refractivity contribution in [3.63, 3.8) is 0 Å². The van der Waals surface area contributed by atoms with Crippen LogP contribution in [0.15, 0.2) is 30.3 Å². The lowest BCUT2D eigenvalue weighted by molar-refractivity contribution is -0.138. The first-order valence-electron chi connectivity index (χ1n) is 9.67. The van der Waals surface area contributed by atoms with Gasteiger partial charge in [0.05, 0.1) is 5.41 Å². The van der Waals surface area contributed by atoms with Crippen molar-refractivity contribution < 1.29 is 4.79 Å². The third-order valence-corrected chi connectivity index (χ3v) is 5.59. The molecule has 3 heteroatoms. The normalized spacial score (nSPS) is 17.6. The van der Waals surface area contributed by atoms with Gasteiger partial charge in [0.2, 0.25) is 5.91 Å². The van der Waals surface area contributed by atoms with Gasteiger partial charge in [0.25, 0.3) is 0 Å². The maximum Gasteiger partial charge on any atom is 0.233 e. The molecule has 3 nitrogen and oxygen atoms in total. The van der Waals surface area contributed by atoms with E-state index in [1.807, 2.05) is 18.0 Å². The lowest BCUT2D eigenvalue weighted by Gasteiger charge is -2.43. The fraction of sp³-hybridized carbons (Fsp3) is 0.667. The predicted octanol–water partition coefficient (Wildman–Crippen LogP) is 4.08. The number of likely N-dealkylation sites (tertiary alicyclic amines) is 1. The fourth-order valence-electron chi connectivity index (χ4n) is 3.81. The lowest BCUT2D eigenvalue weighted by atomic mass is 9.71. The molecule has 1 aromatic rings. The summed E-state index contributed by atoms with van der Waals surface area (Å²) in [6.45, 7) is 8.33. The highest BCUT2D eigenvalue weighted by molar-refractivity contribution is 5.88. The van der Waals surface area contributed by atoms with Gasteiger partial charge in [-0.1, -0.05) is 56.5 Å². The molecule has 1 saturated heterocycles. The molecule has 1 fully saturated rings. The van der Waals surface area contributed by atoms with E-state index in [-0.39, 0.29) is 5.41 Å². The molecule has 2 rings (SSSR count). The van der Waals surface area contributed by atoms with Crippen LogP contribution in [0.1, 0.15) is 57.9 Å². The van der Waals surface area contributed by atoms with Gasteiger partial charge in [0.1, 0.15) is 0 Å². The van der Waals surface area contributed by atoms with Gasteiger partial charge in [-0.2, -0.15) is 0 Å². The van der Waals surface area contributed by atoms with Crippen LogP contribution in [0.25, 0.3) is 0 Å². The minimum Gasteiger partial charge on any atom is -0.345 e. The van der Waals surface area contributed by atoms with Crippen LogP contribution in [0.2, 0.25) is 0 Å². The van der Waals surface area contributed by atoms with E-state index in [2.05, 4.69) is 43.0 Å². The van der Waals surface area contributed by atoms with Crippen molar-refractivity contribution >= 4 is 5.91 Å². The Morgan fingerprint density at radius 2 is 1.75 bits per heavy atom. The van der Waals surface area contributed by atoms with Crippen molar-refractivity contribution in [2.24, 2.45) is 0 Å². The molecule has 0 spiro atoms. The molecule has 0 atom stereocenters. The summed E-state index contributed by atoms with van der Waals surface area (Å²) in [4.78, 5) is 17.6. The second-order valence-corrected chi connectivity index (χ2v) is 7.17. The van der Waals surface area contributed by atoms with Crippen LogP contribution in [0, 0.1) is 0 Å². The van der Waals surface area contributed by atoms with Gasteiger partial charge in [-0.3, -0.25) is 4.79 Å². The van der Waals surface area contributed by atoms with Crippen LogP contribution >= 0.6 is 0 Å². The van der Waals surface area contributed by atoms with Crippen LogP contribution in [-0.4, -0.2) is 48.9 Å². The van der Waals surface area contributed by atoms with Gasteiger partial charge in [0, 0.05) is 13.6 Å². The van der Waals surface area contributed by atoms with E-state index in [9.17, 15) is 4.79 Å². The van der Waals surface area contributed by atoms with Crippen LogP contribution in [-0.2, 0) is 10.2 Å². The third-order valence-electron chi connectivity index (χ3n) is 5.59. The number of hydrogen-bond donors (Lipinski definition) is 0. The Morgan fingerprint density at radius 3 is 2.33 bits per heavy atom. The zero-order valence-corrected chi connectivity index (χ0v) is 15.8. The van der Waals surface area contributed by atoms with Gasteiger partial charge in [0.15, 0.2) is 0 Å². The molecule has 0 N–H and O–H groups in total. The molecule has 0 unspecified atom stereocenters. The molecule has 0 saturated carbocycles. The summed E-state index contributed by atoms with van der Waals surface area (Å²) in [7, 11) is 1.93. The monoisotopic (exact) mass is 330 g/mol. The first-order chi connectivity index (χ1) is 11.6. The Bertz CT molecular complexity index is 492. The summed E-state index contributed by atoms with van der Waals surface area (Å²) in [5, 5.41) is 0. The van der Waals surface area contributed by atoms with Crippen molar-refractivity contribution in [2.75, 3.05) is 33.2 Å². The summed E-state index contributed by atoms with van der Waals surface area (Å²) in [5.41, 5.74) is 0.868. The summed E-state index contributed by atoms with van der Waals surface area (Å²) >= 11 is 0. The maximum atomic E-state index is 13.2. The van der Waals surface area contributed by atoms with E-state index in [1.54, 1.807) is 0 Å². The van der Waals surface area contributed by atoms with Crippen molar-refractivity contribution in [1.82, 2.24) is 9.80 Å². The van der Waals surface area contributed by atoms with E-state index >= 15 is 0 Å². The second kappa shape index (κ2) is 9.22. The van der Waals surface area contributed by atoms with E-state index in [0.717, 1.165) is 32.5 Å². The number of unbranched alkanes of at least 4 members (excludes halogenated alkanes) is 3. The van der Waals surface area contributed by atoms with Gasteiger partial charge >= 0.3 is 0 Å². The zero-order valence-electron chi connectivity index (χ0n) is 15.8. The Hall–Kier alpha value is -1.35. The van der Waals surface area contributed by atoms with Crippen molar-refractivity contribution in [3.05, 3.63) is 35.9 Å². The summed E-state index contributed by atoms with van der Waals surface area (Å²) < 4.78 is 0. The molecule has 24 heavy (non-hydrogen) atoms. The average molecular weight is 331 g/mol. The quantitative estimate of drug-likeness (QED) is 0.671. The van der Waals surface area contributed by atoms with Crippen molar-refractivity contribution in [2.45, 2.75) is 57.8 Å². The molecule has 0 aliphatic carbocycles. The molecule has 1 amide bonds. The molecule has 1 aliphatic heterocycles. The summed E-state index contributed by atoms with van der Waals surface area (Å²) in [6.07, 6.45) is 7.11. The predicted molar refractivity (Wildman–Crippen MR) is 101 cm³/mol. The number of nitrogens with zero attached hydrogens (tertiary/aromatic N) is 2. The highest BCUT2D eigenvalue weighted by Crippen LogP contribution is 2.37. The molecule has 1 aromatic carbocycles. The van der Waals surface area contributed by atoms with Gasteiger partial charge in [-0.05, 0) is 51.4 Å². The first kappa shape index (κ1) is 19.0. The van der Waals surface area contributed by atoms with Crippen molar-refractivity contribution in [3.8, 4) is 0 Å². The lowest BCUT2D eigenvalue weighted by Crippen LogP contribution is -2.52. The van der Waals surface area contributed by atoms with E-state index < -0.39 is 0 Å². The molecule has 134 valence electrons. The Morgan fingerprint density at radius 1 is 1.08 bits per heavy atom. The van der Waals surface area contributed by atoms with Crippen LogP contribution < -0.4 is 0 Å². The molecule has 1 heterocycles. The number of piperidine rings is 1. The average Bonchev–Trinajstić information content (AvgIpc) is 2.65. The van der Waals surface area contributed by atoms with Gasteiger partial charge in [-0.15, -0.1) is 0 Å². The van der Waals surface area contributed by atoms with Crippen LogP contribution in [0.3, 0.4) is 0 Å². The number of amides is 1. The number of carbonyl (C=O) groups excluding carboxylic acids is 1. The molecule has 1 aliphatic rings. The number of hydrogen-bond acceptors (Lipinski definition) is 2. The molecule has 0 aromatic heterocycles. The highest BCUT2D eigenvalue weighted by Gasteiger charge is 2.43. The molecule has 0 bridgehead atoms.